The first-order valence-corrected chi connectivity index (χ1v) is 7.53. The van der Waals surface area contributed by atoms with Gasteiger partial charge in [-0.3, -0.25) is 4.79 Å². The lowest BCUT2D eigenvalue weighted by atomic mass is 9.82. The third-order valence-electron chi connectivity index (χ3n) is 3.90. The summed E-state index contributed by atoms with van der Waals surface area (Å²) >= 11 is 0. The van der Waals surface area contributed by atoms with Crippen LogP contribution in [0.15, 0.2) is 29.3 Å². The van der Waals surface area contributed by atoms with E-state index in [1.165, 1.54) is 31.2 Å². The molecule has 0 fully saturated rings. The summed E-state index contributed by atoms with van der Waals surface area (Å²) in [7, 11) is 0. The number of benzene rings is 1. The highest BCUT2D eigenvalue weighted by molar-refractivity contribution is 5.96. The van der Waals surface area contributed by atoms with Gasteiger partial charge in [0.1, 0.15) is 12.5 Å². The number of aliphatic imine (C=N–C) groups is 1. The predicted molar refractivity (Wildman–Crippen MR) is 78.6 cm³/mol. The normalized spacial score (nSPS) is 20.2. The van der Waals surface area contributed by atoms with Crippen molar-refractivity contribution < 1.29 is 40.6 Å². The number of halogens is 6. The van der Waals surface area contributed by atoms with Crippen molar-refractivity contribution in [2.75, 3.05) is 13.2 Å². The highest BCUT2D eigenvalue weighted by Crippen LogP contribution is 2.52. The number of alkyl halides is 6. The van der Waals surface area contributed by atoms with E-state index in [4.69, 9.17) is 4.74 Å². The molecule has 144 valence electrons. The molecule has 1 aromatic rings. The maximum atomic E-state index is 13.6. The Morgan fingerprint density at radius 2 is 1.73 bits per heavy atom. The van der Waals surface area contributed by atoms with Crippen LogP contribution >= 0.6 is 0 Å². The second-order valence-corrected chi connectivity index (χ2v) is 5.66. The van der Waals surface area contributed by atoms with Crippen LogP contribution in [0.5, 0.6) is 0 Å². The van der Waals surface area contributed by atoms with Crippen molar-refractivity contribution in [2.24, 2.45) is 10.9 Å². The molecular weight excluding hydrogens is 368 g/mol. The lowest BCUT2D eigenvalue weighted by Crippen LogP contribution is -2.65. The minimum atomic E-state index is -5.89. The molecule has 0 amide bonds. The SMILES string of the molecule is CCOC(=O)C1COC(c2ccc(C)cc2)=NC1(C(F)(F)F)C(F)(F)F. The van der Waals surface area contributed by atoms with Crippen molar-refractivity contribution in [2.45, 2.75) is 31.7 Å². The third-order valence-corrected chi connectivity index (χ3v) is 3.90. The van der Waals surface area contributed by atoms with Gasteiger partial charge in [0.15, 0.2) is 0 Å². The molecule has 0 spiro atoms. The molecule has 0 bridgehead atoms. The number of ether oxygens (including phenoxy) is 2. The van der Waals surface area contributed by atoms with E-state index in [1.54, 1.807) is 6.92 Å². The minimum absolute atomic E-state index is 0.0595. The topological polar surface area (TPSA) is 47.9 Å². The van der Waals surface area contributed by atoms with E-state index >= 15 is 0 Å². The van der Waals surface area contributed by atoms with Gasteiger partial charge >= 0.3 is 18.3 Å². The number of hydrogen-bond acceptors (Lipinski definition) is 4. The van der Waals surface area contributed by atoms with E-state index < -0.39 is 42.3 Å². The Kier molecular flexibility index (Phi) is 5.25. The first-order valence-electron chi connectivity index (χ1n) is 7.53. The van der Waals surface area contributed by atoms with Crippen molar-refractivity contribution >= 4 is 11.9 Å². The zero-order chi connectivity index (χ0) is 19.8. The van der Waals surface area contributed by atoms with Gasteiger partial charge in [0.25, 0.3) is 5.54 Å². The van der Waals surface area contributed by atoms with Crippen LogP contribution in [0.25, 0.3) is 0 Å². The molecular formula is C16H15F6NO3. The molecule has 1 heterocycles. The fourth-order valence-electron chi connectivity index (χ4n) is 2.56. The summed E-state index contributed by atoms with van der Waals surface area (Å²) in [6.45, 7) is 1.42. The van der Waals surface area contributed by atoms with E-state index in [2.05, 4.69) is 9.73 Å². The maximum Gasteiger partial charge on any atom is 0.423 e. The van der Waals surface area contributed by atoms with E-state index in [-0.39, 0.29) is 12.2 Å². The summed E-state index contributed by atoms with van der Waals surface area (Å²) in [6, 6.07) is 5.55. The molecule has 1 aromatic carbocycles. The van der Waals surface area contributed by atoms with E-state index in [9.17, 15) is 31.1 Å². The number of rotatable bonds is 3. The molecule has 1 unspecified atom stereocenters. The Balaban J connectivity index is 2.67. The highest BCUT2D eigenvalue weighted by Gasteiger charge is 2.78. The molecule has 1 atom stereocenters. The minimum Gasteiger partial charge on any atom is -0.476 e. The van der Waals surface area contributed by atoms with Crippen LogP contribution in [-0.4, -0.2) is 43.0 Å². The second kappa shape index (κ2) is 6.81. The van der Waals surface area contributed by atoms with E-state index in [0.717, 1.165) is 5.56 Å². The van der Waals surface area contributed by atoms with Crippen molar-refractivity contribution in [1.82, 2.24) is 0 Å². The van der Waals surface area contributed by atoms with Crippen molar-refractivity contribution in [3.8, 4) is 0 Å². The van der Waals surface area contributed by atoms with Crippen LogP contribution < -0.4 is 0 Å². The number of aryl methyl sites for hydroxylation is 1. The average Bonchev–Trinajstić information content (AvgIpc) is 2.53. The van der Waals surface area contributed by atoms with Crippen LogP contribution in [0.3, 0.4) is 0 Å². The van der Waals surface area contributed by atoms with Crippen molar-refractivity contribution in [3.05, 3.63) is 35.4 Å². The van der Waals surface area contributed by atoms with Crippen LogP contribution in [0.2, 0.25) is 0 Å². The summed E-state index contributed by atoms with van der Waals surface area (Å²) in [5.74, 6) is -5.20. The summed E-state index contributed by atoms with van der Waals surface area (Å²) in [6.07, 6.45) is -11.8. The number of esters is 1. The molecule has 0 N–H and O–H groups in total. The molecule has 0 saturated heterocycles. The number of nitrogens with zero attached hydrogens (tertiary/aromatic N) is 1. The Morgan fingerprint density at radius 1 is 1.19 bits per heavy atom. The van der Waals surface area contributed by atoms with Gasteiger partial charge in [0, 0.05) is 5.56 Å². The van der Waals surface area contributed by atoms with E-state index in [0.29, 0.717) is 0 Å². The fourth-order valence-corrected chi connectivity index (χ4v) is 2.56. The van der Waals surface area contributed by atoms with Crippen LogP contribution in [0, 0.1) is 12.8 Å². The quantitative estimate of drug-likeness (QED) is 0.589. The smallest absolute Gasteiger partial charge is 0.423 e. The molecule has 0 radical (unpaired) electrons. The summed E-state index contributed by atoms with van der Waals surface area (Å²) in [5.41, 5.74) is -3.96. The van der Waals surface area contributed by atoms with Crippen molar-refractivity contribution in [3.63, 3.8) is 0 Å². The molecule has 1 aliphatic heterocycles. The molecule has 26 heavy (non-hydrogen) atoms. The maximum absolute atomic E-state index is 13.6. The molecule has 4 nitrogen and oxygen atoms in total. The largest absolute Gasteiger partial charge is 0.476 e. The van der Waals surface area contributed by atoms with E-state index in [1.807, 2.05) is 0 Å². The fraction of sp³-hybridized carbons (Fsp3) is 0.500. The van der Waals surface area contributed by atoms with Gasteiger partial charge in [-0.05, 0) is 26.0 Å². The lowest BCUT2D eigenvalue weighted by Gasteiger charge is -2.41. The first kappa shape index (κ1) is 20.1. The van der Waals surface area contributed by atoms with Crippen molar-refractivity contribution in [1.29, 1.82) is 0 Å². The number of hydrogen-bond donors (Lipinski definition) is 0. The van der Waals surface area contributed by atoms with Gasteiger partial charge in [-0.15, -0.1) is 0 Å². The van der Waals surface area contributed by atoms with Gasteiger partial charge in [-0.25, -0.2) is 4.99 Å². The summed E-state index contributed by atoms with van der Waals surface area (Å²) < 4.78 is 91.0. The standard InChI is InChI=1S/C16H15F6NO3/c1-3-25-13(24)11-8-26-12(10-6-4-9(2)5-7-10)23-14(11,15(17,18)19)16(20,21)22/h4-7,11H,3,8H2,1-2H3. The monoisotopic (exact) mass is 383 g/mol. The molecule has 1 aliphatic rings. The number of carbonyl (C=O) groups excluding carboxylic acids is 1. The molecule has 10 heteroatoms. The van der Waals surface area contributed by atoms with Gasteiger partial charge in [0.2, 0.25) is 5.90 Å². The number of carbonyl (C=O) groups is 1. The van der Waals surface area contributed by atoms with Gasteiger partial charge in [-0.1, -0.05) is 17.7 Å². The molecule has 0 saturated carbocycles. The van der Waals surface area contributed by atoms with Gasteiger partial charge < -0.3 is 9.47 Å². The lowest BCUT2D eigenvalue weighted by molar-refractivity contribution is -0.314. The summed E-state index contributed by atoms with van der Waals surface area (Å²) in [5, 5.41) is 0. The Morgan fingerprint density at radius 3 is 2.19 bits per heavy atom. The van der Waals surface area contributed by atoms with Gasteiger partial charge in [-0.2, -0.15) is 26.3 Å². The first-order chi connectivity index (χ1) is 11.9. The zero-order valence-corrected chi connectivity index (χ0v) is 13.7. The Labute approximate surface area is 144 Å². The van der Waals surface area contributed by atoms with Crippen LogP contribution in [-0.2, 0) is 14.3 Å². The van der Waals surface area contributed by atoms with Gasteiger partial charge in [0.05, 0.1) is 6.61 Å². The van der Waals surface area contributed by atoms with Crippen LogP contribution in [0.1, 0.15) is 18.1 Å². The molecule has 0 aromatic heterocycles. The second-order valence-electron chi connectivity index (χ2n) is 5.66. The zero-order valence-electron chi connectivity index (χ0n) is 13.7. The predicted octanol–water partition coefficient (Wildman–Crippen LogP) is 3.81. The Hall–Kier alpha value is -2.26. The third kappa shape index (κ3) is 3.36. The Bertz CT molecular complexity index is 679. The van der Waals surface area contributed by atoms with Crippen LogP contribution in [0.4, 0.5) is 26.3 Å². The molecule has 0 aliphatic carbocycles. The highest BCUT2D eigenvalue weighted by atomic mass is 19.4. The average molecular weight is 383 g/mol. The summed E-state index contributed by atoms with van der Waals surface area (Å²) in [4.78, 5) is 14.7. The molecule has 2 rings (SSSR count).